The van der Waals surface area contributed by atoms with Crippen molar-refractivity contribution < 1.29 is 77.1 Å². The smallest absolute Gasteiger partial charge is 0.497 e. The maximum absolute atomic E-state index is 5.47. The molecular weight excluding hydrogens is 864 g/mol. The Kier molecular flexibility index (Phi) is 14.2. The van der Waals surface area contributed by atoms with Crippen molar-refractivity contribution in [3.63, 3.8) is 0 Å². The Hall–Kier alpha value is -5.83. The minimum atomic E-state index is 0. The van der Waals surface area contributed by atoms with Crippen LogP contribution >= 0.6 is 0 Å². The molecule has 9 aromatic rings. The summed E-state index contributed by atoms with van der Waals surface area (Å²) in [6.45, 7) is 3.05. The van der Waals surface area contributed by atoms with Crippen LogP contribution in [0.1, 0.15) is 13.3 Å². The molecule has 8 aromatic carbocycles. The van der Waals surface area contributed by atoms with Crippen LogP contribution in [0, 0.1) is 6.42 Å². The molecule has 9 rings (SSSR count). The third kappa shape index (κ3) is 9.22. The molecule has 0 saturated carbocycles. The Morgan fingerprint density at radius 3 is 0.906 bits per heavy atom. The summed E-state index contributed by atoms with van der Waals surface area (Å²) < 4.78 is 24.3. The number of benzene rings is 8. The van der Waals surface area contributed by atoms with Gasteiger partial charge in [0.25, 0.3) is 0 Å². The zero-order valence-corrected chi connectivity index (χ0v) is 42.2. The number of anilines is 6. The molecule has 0 atom stereocenters. The van der Waals surface area contributed by atoms with Crippen molar-refractivity contribution in [2.24, 2.45) is 0 Å². The summed E-state index contributed by atoms with van der Waals surface area (Å²) in [5, 5.41) is 2.48. The van der Waals surface area contributed by atoms with Gasteiger partial charge in [0.2, 0.25) is 0 Å². The van der Waals surface area contributed by atoms with Crippen LogP contribution in [0.3, 0.4) is 0 Å². The normalized spacial score (nSPS) is 11.0. The van der Waals surface area contributed by atoms with E-state index in [4.69, 9.17) is 18.9 Å². The second kappa shape index (κ2) is 20.3. The van der Waals surface area contributed by atoms with E-state index in [1.807, 2.05) is 48.5 Å². The third-order valence-corrected chi connectivity index (χ3v) is 11.7. The van der Waals surface area contributed by atoms with Gasteiger partial charge in [0.15, 0.2) is 0 Å². The summed E-state index contributed by atoms with van der Waals surface area (Å²) in [5.41, 5.74) is 13.3. The van der Waals surface area contributed by atoms with Crippen LogP contribution < -0.4 is 86.9 Å². The van der Waals surface area contributed by atoms with E-state index in [2.05, 4.69) is 161 Å². The molecule has 64 heavy (non-hydrogen) atoms. The first-order valence-electron chi connectivity index (χ1n) is 21.2. The monoisotopic (exact) mass is 913 g/mol. The van der Waals surface area contributed by atoms with Crippen molar-refractivity contribution in [3.8, 4) is 45.3 Å². The molecule has 8 heteroatoms. The molecule has 1 aromatic heterocycles. The molecule has 7 nitrogen and oxygen atoms in total. The second-order valence-electron chi connectivity index (χ2n) is 15.4. The number of hydrogen-bond donors (Lipinski definition) is 0. The molecule has 0 radical (unpaired) electrons. The predicted octanol–water partition coefficient (Wildman–Crippen LogP) is 11.7. The van der Waals surface area contributed by atoms with Crippen LogP contribution in [-0.2, 0) is 6.54 Å². The summed E-state index contributed by atoms with van der Waals surface area (Å²) in [7, 11) is 6.76. The van der Waals surface area contributed by atoms with Gasteiger partial charge in [-0.2, -0.15) is 13.3 Å². The van der Waals surface area contributed by atoms with E-state index < -0.39 is 0 Å². The Labute approximate surface area is 425 Å². The average molecular weight is 915 g/mol. The number of nitrogens with zero attached hydrogens (tertiary/aromatic N) is 3. The molecule has 0 spiro atoms. The van der Waals surface area contributed by atoms with Crippen molar-refractivity contribution in [2.45, 2.75) is 19.9 Å². The minimum Gasteiger partial charge on any atom is -0.497 e. The van der Waals surface area contributed by atoms with Crippen LogP contribution in [0.2, 0.25) is 0 Å². The van der Waals surface area contributed by atoms with Crippen LogP contribution in [0.4, 0.5) is 34.1 Å². The molecule has 1 heterocycles. The summed E-state index contributed by atoms with van der Waals surface area (Å²) in [4.78, 5) is 4.49. The molecule has 0 aliphatic heterocycles. The average Bonchev–Trinajstić information content (AvgIpc) is 3.66. The zero-order chi connectivity index (χ0) is 43.3. The zero-order valence-electron chi connectivity index (χ0n) is 37.3. The molecule has 0 N–H and O–H groups in total. The number of hydrogen-bond acceptors (Lipinski definition) is 6. The summed E-state index contributed by atoms with van der Waals surface area (Å²) in [6, 6.07) is 64.1. The largest absolute Gasteiger partial charge is 1.00 e. The van der Waals surface area contributed by atoms with E-state index in [9.17, 15) is 0 Å². The Morgan fingerprint density at radius 2 is 0.641 bits per heavy atom. The number of unbranched alkanes of at least 4 members (excludes halogenated alkanes) is 1. The minimum absolute atomic E-state index is 0. The van der Waals surface area contributed by atoms with Gasteiger partial charge in [-0.1, -0.05) is 36.4 Å². The maximum Gasteiger partial charge on any atom is 1.00 e. The van der Waals surface area contributed by atoms with Gasteiger partial charge in [0.1, 0.15) is 23.0 Å². The van der Waals surface area contributed by atoms with E-state index in [1.165, 1.54) is 32.9 Å². The number of aryl methyl sites for hydroxylation is 1. The van der Waals surface area contributed by atoms with E-state index in [0.29, 0.717) is 0 Å². The van der Waals surface area contributed by atoms with Crippen molar-refractivity contribution in [1.82, 2.24) is 4.57 Å². The molecule has 0 fully saturated rings. The number of rotatable bonds is 15. The number of fused-ring (bicyclic) bond motifs is 3. The standard InChI is InChI=1S/C56H50N3O4.Rb/c1-6-7-36-57-55-34-12-41(39-8-14-43(15-9-39)58(45-18-26-49(60-2)27-19-45)46-20-28-50(61-3)29-21-46)37-53(55)54-38-42(13-35-56(54)57)40-10-16-44(17-11-40)59(47-22-30-51(62-4)31-23-47)48-24-32-52(63-5)33-25-48;/h6,8-35,37-38H,7,36H2,1-5H3;/q-1;+1. The quantitative estimate of drug-likeness (QED) is 0.0955. The van der Waals surface area contributed by atoms with Crippen LogP contribution in [-0.4, -0.2) is 33.0 Å². The first kappa shape index (κ1) is 44.8. The first-order valence-corrected chi connectivity index (χ1v) is 21.2. The molecule has 314 valence electrons. The van der Waals surface area contributed by atoms with Crippen LogP contribution in [0.15, 0.2) is 182 Å². The Bertz CT molecular complexity index is 2650. The Balaban J connectivity index is 0.00000560. The Morgan fingerprint density at radius 1 is 0.375 bits per heavy atom. The summed E-state index contributed by atoms with van der Waals surface area (Å²) in [6.07, 6.45) is 3.23. The van der Waals surface area contributed by atoms with Gasteiger partial charge in [0.05, 0.1) is 28.4 Å². The van der Waals surface area contributed by atoms with Gasteiger partial charge < -0.3 is 39.7 Å². The topological polar surface area (TPSA) is 48.3 Å². The van der Waals surface area contributed by atoms with Crippen molar-refractivity contribution in [1.29, 1.82) is 0 Å². The van der Waals surface area contributed by atoms with Gasteiger partial charge in [-0.3, -0.25) is 0 Å². The van der Waals surface area contributed by atoms with Crippen molar-refractivity contribution in [2.75, 3.05) is 38.2 Å². The predicted molar refractivity (Wildman–Crippen MR) is 260 cm³/mol. The molecular formula is C56H50N3O4Rb. The SMILES string of the molecule is C[CH-]CCn1c2ccc(-c3ccc(N(c4ccc(OC)cc4)c4ccc(OC)cc4)cc3)cc2c2cc(-c3ccc(N(c4ccc(OC)cc4)c4ccc(OC)cc4)cc3)ccc21.[Rb+]. The molecule has 0 aliphatic rings. The van der Waals surface area contributed by atoms with Crippen LogP contribution in [0.25, 0.3) is 44.1 Å². The van der Waals surface area contributed by atoms with Gasteiger partial charge in [-0.05, 0) is 174 Å². The van der Waals surface area contributed by atoms with Gasteiger partial charge >= 0.3 is 58.2 Å². The summed E-state index contributed by atoms with van der Waals surface area (Å²) in [5.74, 6) is 3.26. The number of methoxy groups -OCH3 is 4. The first-order chi connectivity index (χ1) is 31.0. The number of aromatic nitrogens is 1. The van der Waals surface area contributed by atoms with E-state index >= 15 is 0 Å². The second-order valence-corrected chi connectivity index (χ2v) is 15.4. The molecule has 0 bridgehead atoms. The molecule has 0 amide bonds. The van der Waals surface area contributed by atoms with Gasteiger partial charge in [-0.25, -0.2) is 0 Å². The van der Waals surface area contributed by atoms with Gasteiger partial charge in [-0.15, -0.1) is 0 Å². The fourth-order valence-corrected chi connectivity index (χ4v) is 8.39. The number of ether oxygens (including phenoxy) is 4. The van der Waals surface area contributed by atoms with E-state index in [1.54, 1.807) is 28.4 Å². The van der Waals surface area contributed by atoms with Gasteiger partial charge in [0, 0.05) is 55.9 Å². The fourth-order valence-electron chi connectivity index (χ4n) is 8.39. The fraction of sp³-hybridized carbons (Fsp3) is 0.125. The van der Waals surface area contributed by atoms with Crippen molar-refractivity contribution in [3.05, 3.63) is 188 Å². The molecule has 0 aliphatic carbocycles. The van der Waals surface area contributed by atoms with Crippen LogP contribution in [0.5, 0.6) is 23.0 Å². The van der Waals surface area contributed by atoms with E-state index in [-0.39, 0.29) is 58.2 Å². The summed E-state index contributed by atoms with van der Waals surface area (Å²) >= 11 is 0. The van der Waals surface area contributed by atoms with E-state index in [0.717, 1.165) is 81.2 Å². The molecule has 0 saturated heterocycles. The maximum atomic E-state index is 5.47. The third-order valence-electron chi connectivity index (χ3n) is 11.7. The van der Waals surface area contributed by atoms with Crippen molar-refractivity contribution >= 4 is 55.9 Å². The molecule has 0 unspecified atom stereocenters.